The lowest BCUT2D eigenvalue weighted by atomic mass is 10.7. The minimum Gasteiger partial charge on any atom is -0.200 e. The van der Waals surface area contributed by atoms with Gasteiger partial charge in [-0.3, -0.25) is 0 Å². The van der Waals surface area contributed by atoms with Crippen LogP contribution >= 0.6 is 24.0 Å². The third-order valence-corrected chi connectivity index (χ3v) is 0.247. The molecular formula is C2H2F5I. The third-order valence-electron chi connectivity index (χ3n) is 0.247. The highest BCUT2D eigenvalue weighted by molar-refractivity contribution is 14.0. The average molecular weight is 248 g/mol. The molecule has 0 heterocycles. The van der Waals surface area contributed by atoms with Gasteiger partial charge < -0.3 is 0 Å². The molecular weight excluding hydrogens is 246 g/mol. The van der Waals surface area contributed by atoms with Gasteiger partial charge in [-0.15, -0.1) is 24.0 Å². The molecule has 0 radical (unpaired) electrons. The van der Waals surface area contributed by atoms with Crippen LogP contribution in [0, 0.1) is 0 Å². The summed E-state index contributed by atoms with van der Waals surface area (Å²) >= 11 is 0. The minimum atomic E-state index is -5.33. The second-order valence-corrected chi connectivity index (χ2v) is 0.842. The number of alkyl halides is 5. The van der Waals surface area contributed by atoms with E-state index < -0.39 is 12.6 Å². The summed E-state index contributed by atoms with van der Waals surface area (Å²) in [6, 6.07) is 0. The predicted molar refractivity (Wildman–Crippen MR) is 27.5 cm³/mol. The third kappa shape index (κ3) is 4.54. The van der Waals surface area contributed by atoms with Gasteiger partial charge in [0.15, 0.2) is 0 Å². The summed E-state index contributed by atoms with van der Waals surface area (Å²) in [6.07, 6.45) is -9.53. The van der Waals surface area contributed by atoms with Crippen LogP contribution in [0.1, 0.15) is 0 Å². The molecule has 0 fully saturated rings. The van der Waals surface area contributed by atoms with Crippen LogP contribution in [0.25, 0.3) is 0 Å². The van der Waals surface area contributed by atoms with Gasteiger partial charge in [0.25, 0.3) is 0 Å². The van der Waals surface area contributed by atoms with Gasteiger partial charge in [-0.25, -0.2) is 8.78 Å². The van der Waals surface area contributed by atoms with Gasteiger partial charge in [-0.2, -0.15) is 13.2 Å². The van der Waals surface area contributed by atoms with E-state index in [9.17, 15) is 22.0 Å². The zero-order valence-electron chi connectivity index (χ0n) is 3.38. The fourth-order valence-electron chi connectivity index (χ4n) is 0. The quantitative estimate of drug-likeness (QED) is 0.456. The Balaban J connectivity index is 0. The molecule has 0 saturated carbocycles. The Bertz CT molecular complexity index is 55.9. The lowest BCUT2D eigenvalue weighted by Crippen LogP contribution is -2.18. The topological polar surface area (TPSA) is 0 Å². The van der Waals surface area contributed by atoms with Gasteiger partial charge in [-0.05, 0) is 0 Å². The van der Waals surface area contributed by atoms with E-state index in [4.69, 9.17) is 0 Å². The van der Waals surface area contributed by atoms with Gasteiger partial charge in [-0.1, -0.05) is 0 Å². The Morgan fingerprint density at radius 1 is 1.00 bits per heavy atom. The molecule has 0 amide bonds. The molecule has 0 aliphatic heterocycles. The normalized spacial score (nSPS) is 11.2. The largest absolute Gasteiger partial charge is 0.450 e. The maximum absolute atomic E-state index is 10.4. The first-order chi connectivity index (χ1) is 2.94. The number of hydrogen-bond donors (Lipinski definition) is 0. The van der Waals surface area contributed by atoms with E-state index in [1.807, 2.05) is 0 Å². The first kappa shape index (κ1) is 11.2. The number of rotatable bonds is 0. The molecule has 0 unspecified atom stereocenters. The molecule has 0 aromatic heterocycles. The van der Waals surface area contributed by atoms with Crippen molar-refractivity contribution in [1.82, 2.24) is 0 Å². The van der Waals surface area contributed by atoms with E-state index >= 15 is 0 Å². The molecule has 0 aromatic rings. The Hall–Kier alpha value is 0.380. The van der Waals surface area contributed by atoms with Crippen molar-refractivity contribution in [2.24, 2.45) is 0 Å². The molecule has 52 valence electrons. The minimum absolute atomic E-state index is 0. The Morgan fingerprint density at radius 2 is 1.12 bits per heavy atom. The zero-order valence-corrected chi connectivity index (χ0v) is 5.71. The van der Waals surface area contributed by atoms with Crippen LogP contribution in [0.15, 0.2) is 0 Å². The molecule has 0 aliphatic rings. The first-order valence-electron chi connectivity index (χ1n) is 1.29. The second kappa shape index (κ2) is 3.41. The van der Waals surface area contributed by atoms with Crippen molar-refractivity contribution < 1.29 is 22.0 Å². The summed E-state index contributed by atoms with van der Waals surface area (Å²) in [5.41, 5.74) is 0. The van der Waals surface area contributed by atoms with E-state index in [-0.39, 0.29) is 24.0 Å². The Labute approximate surface area is 59.1 Å². The van der Waals surface area contributed by atoms with Crippen LogP contribution in [-0.4, -0.2) is 12.6 Å². The molecule has 0 aromatic carbocycles. The molecule has 0 bridgehead atoms. The smallest absolute Gasteiger partial charge is 0.200 e. The van der Waals surface area contributed by atoms with Crippen molar-refractivity contribution in [3.63, 3.8) is 0 Å². The summed E-state index contributed by atoms with van der Waals surface area (Å²) in [4.78, 5) is 0. The summed E-state index contributed by atoms with van der Waals surface area (Å²) < 4.78 is 52.1. The number of halogens is 6. The standard InChI is InChI=1S/C2HF5.HI/c3-1(4)2(5,6)7;/h1H;1H. The lowest BCUT2D eigenvalue weighted by molar-refractivity contribution is -0.219. The molecule has 0 N–H and O–H groups in total. The van der Waals surface area contributed by atoms with Gasteiger partial charge >= 0.3 is 12.6 Å². The average Bonchev–Trinajstić information content (AvgIpc) is 1.31. The summed E-state index contributed by atoms with van der Waals surface area (Å²) in [6.45, 7) is 0. The van der Waals surface area contributed by atoms with Crippen molar-refractivity contribution in [3.8, 4) is 0 Å². The summed E-state index contributed by atoms with van der Waals surface area (Å²) in [5.74, 6) is 0. The predicted octanol–water partition coefficient (Wildman–Crippen LogP) is 2.43. The summed E-state index contributed by atoms with van der Waals surface area (Å²) in [5, 5.41) is 0. The van der Waals surface area contributed by atoms with Crippen LogP contribution in [0.2, 0.25) is 0 Å². The van der Waals surface area contributed by atoms with Crippen LogP contribution in [-0.2, 0) is 0 Å². The first-order valence-corrected chi connectivity index (χ1v) is 1.29. The zero-order chi connectivity index (χ0) is 6.08. The number of hydrogen-bond acceptors (Lipinski definition) is 0. The van der Waals surface area contributed by atoms with Gasteiger partial charge in [0, 0.05) is 0 Å². The van der Waals surface area contributed by atoms with E-state index in [1.165, 1.54) is 0 Å². The maximum Gasteiger partial charge on any atom is 0.450 e. The SMILES string of the molecule is FC(F)C(F)(F)F.I. The molecule has 0 atom stereocenters. The Morgan fingerprint density at radius 3 is 1.12 bits per heavy atom. The molecule has 8 heavy (non-hydrogen) atoms. The molecule has 0 saturated heterocycles. The molecule has 0 spiro atoms. The second-order valence-electron chi connectivity index (χ2n) is 0.842. The highest BCUT2D eigenvalue weighted by Crippen LogP contribution is 2.22. The van der Waals surface area contributed by atoms with E-state index in [0.29, 0.717) is 0 Å². The van der Waals surface area contributed by atoms with Crippen LogP contribution in [0.3, 0.4) is 0 Å². The maximum atomic E-state index is 10.4. The monoisotopic (exact) mass is 248 g/mol. The molecule has 0 nitrogen and oxygen atoms in total. The highest BCUT2D eigenvalue weighted by atomic mass is 127. The van der Waals surface area contributed by atoms with E-state index in [1.54, 1.807) is 0 Å². The van der Waals surface area contributed by atoms with Crippen molar-refractivity contribution in [3.05, 3.63) is 0 Å². The van der Waals surface area contributed by atoms with Crippen molar-refractivity contribution in [1.29, 1.82) is 0 Å². The van der Waals surface area contributed by atoms with Crippen molar-refractivity contribution >= 4 is 24.0 Å². The van der Waals surface area contributed by atoms with E-state index in [0.717, 1.165) is 0 Å². The van der Waals surface area contributed by atoms with Gasteiger partial charge in [0.05, 0.1) is 0 Å². The molecule has 0 aliphatic carbocycles. The summed E-state index contributed by atoms with van der Waals surface area (Å²) in [7, 11) is 0. The van der Waals surface area contributed by atoms with Crippen molar-refractivity contribution in [2.75, 3.05) is 0 Å². The van der Waals surface area contributed by atoms with Gasteiger partial charge in [0.2, 0.25) is 0 Å². The van der Waals surface area contributed by atoms with Crippen LogP contribution < -0.4 is 0 Å². The fraction of sp³-hybridized carbons (Fsp3) is 1.00. The fourth-order valence-corrected chi connectivity index (χ4v) is 0. The van der Waals surface area contributed by atoms with E-state index in [2.05, 4.69) is 0 Å². The highest BCUT2D eigenvalue weighted by Gasteiger charge is 2.40. The van der Waals surface area contributed by atoms with Crippen LogP contribution in [0.5, 0.6) is 0 Å². The molecule has 6 heteroatoms. The van der Waals surface area contributed by atoms with Crippen LogP contribution in [0.4, 0.5) is 22.0 Å². The van der Waals surface area contributed by atoms with Crippen molar-refractivity contribution in [2.45, 2.75) is 12.6 Å². The van der Waals surface area contributed by atoms with Gasteiger partial charge in [0.1, 0.15) is 0 Å². The lowest BCUT2D eigenvalue weighted by Gasteiger charge is -2.00. The molecule has 0 rings (SSSR count). The Kier molecular flexibility index (Phi) is 4.79.